The summed E-state index contributed by atoms with van der Waals surface area (Å²) in [4.78, 5) is 4.54. The Labute approximate surface area is 101 Å². The molecule has 0 saturated heterocycles. The number of rotatable bonds is 3. The first-order chi connectivity index (χ1) is 7.56. The second-order valence-electron chi connectivity index (χ2n) is 4.39. The molecule has 1 fully saturated rings. The normalized spacial score (nSPS) is 28.1. The van der Waals surface area contributed by atoms with Gasteiger partial charge in [0.25, 0.3) is 0 Å². The Morgan fingerprint density at radius 1 is 1.69 bits per heavy atom. The van der Waals surface area contributed by atoms with Crippen molar-refractivity contribution in [2.75, 3.05) is 12.9 Å². The van der Waals surface area contributed by atoms with Crippen molar-refractivity contribution in [2.24, 2.45) is 10.4 Å². The summed E-state index contributed by atoms with van der Waals surface area (Å²) in [5.41, 5.74) is 0.0636. The third-order valence-corrected chi connectivity index (χ3v) is 3.72. The summed E-state index contributed by atoms with van der Waals surface area (Å²) < 4.78 is 5.64. The van der Waals surface area contributed by atoms with Crippen molar-refractivity contribution in [3.05, 3.63) is 0 Å². The molecule has 0 amide bonds. The second kappa shape index (κ2) is 5.55. The minimum atomic E-state index is 0.0636. The summed E-state index contributed by atoms with van der Waals surface area (Å²) in [7, 11) is 0. The van der Waals surface area contributed by atoms with Crippen LogP contribution in [-0.4, -0.2) is 30.2 Å². The van der Waals surface area contributed by atoms with Crippen LogP contribution in [0.3, 0.4) is 0 Å². The zero-order valence-corrected chi connectivity index (χ0v) is 11.1. The molecule has 1 aliphatic rings. The van der Waals surface area contributed by atoms with Gasteiger partial charge in [-0.1, -0.05) is 25.6 Å². The van der Waals surface area contributed by atoms with Gasteiger partial charge in [0, 0.05) is 12.0 Å². The highest BCUT2D eigenvalue weighted by Gasteiger charge is 2.49. The molecule has 4 nitrogen and oxygen atoms in total. The monoisotopic (exact) mass is 241 g/mol. The highest BCUT2D eigenvalue weighted by atomic mass is 32.2. The Morgan fingerprint density at radius 3 is 2.81 bits per heavy atom. The van der Waals surface area contributed by atoms with Crippen LogP contribution in [0.25, 0.3) is 0 Å². The minimum absolute atomic E-state index is 0.0636. The van der Waals surface area contributed by atoms with Gasteiger partial charge >= 0.3 is 0 Å². The van der Waals surface area contributed by atoms with Crippen LogP contribution in [0.4, 0.5) is 0 Å². The molecule has 1 aliphatic carbocycles. The van der Waals surface area contributed by atoms with Crippen molar-refractivity contribution in [2.45, 2.75) is 39.3 Å². The molecule has 2 atom stereocenters. The SMILES string of the molecule is CCOC1CC(N=C(NC#N)SC)C1(C)C. The number of nitrogens with one attached hydrogen (secondary N) is 1. The summed E-state index contributed by atoms with van der Waals surface area (Å²) in [5.74, 6) is 0. The zero-order chi connectivity index (χ0) is 12.2. The first kappa shape index (κ1) is 13.3. The maximum atomic E-state index is 8.56. The lowest BCUT2D eigenvalue weighted by atomic mass is 9.65. The van der Waals surface area contributed by atoms with Crippen LogP contribution < -0.4 is 5.32 Å². The molecule has 1 N–H and O–H groups in total. The summed E-state index contributed by atoms with van der Waals surface area (Å²) in [5, 5.41) is 11.8. The average molecular weight is 241 g/mol. The zero-order valence-electron chi connectivity index (χ0n) is 10.3. The van der Waals surface area contributed by atoms with Crippen molar-refractivity contribution in [3.8, 4) is 6.19 Å². The first-order valence-corrected chi connectivity index (χ1v) is 6.67. The topological polar surface area (TPSA) is 57.4 Å². The highest BCUT2D eigenvalue weighted by Crippen LogP contribution is 2.45. The lowest BCUT2D eigenvalue weighted by Crippen LogP contribution is -2.54. The van der Waals surface area contributed by atoms with E-state index in [-0.39, 0.29) is 17.6 Å². The van der Waals surface area contributed by atoms with E-state index < -0.39 is 0 Å². The van der Waals surface area contributed by atoms with Gasteiger partial charge in [0.2, 0.25) is 0 Å². The van der Waals surface area contributed by atoms with Crippen LogP contribution in [0, 0.1) is 16.9 Å². The number of hydrogen-bond donors (Lipinski definition) is 1. The molecule has 2 unspecified atom stereocenters. The molecule has 5 heteroatoms. The fourth-order valence-electron chi connectivity index (χ4n) is 1.89. The highest BCUT2D eigenvalue weighted by molar-refractivity contribution is 8.13. The molecule has 0 aromatic carbocycles. The van der Waals surface area contributed by atoms with Crippen LogP contribution in [0.1, 0.15) is 27.2 Å². The Morgan fingerprint density at radius 2 is 2.38 bits per heavy atom. The molecular weight excluding hydrogens is 222 g/mol. The second-order valence-corrected chi connectivity index (χ2v) is 5.19. The number of thioether (sulfide) groups is 1. The molecule has 0 aromatic heterocycles. The fraction of sp³-hybridized carbons (Fsp3) is 0.818. The van der Waals surface area contributed by atoms with Gasteiger partial charge in [0.1, 0.15) is 0 Å². The van der Waals surface area contributed by atoms with Gasteiger partial charge in [-0.2, -0.15) is 5.26 Å². The van der Waals surface area contributed by atoms with Gasteiger partial charge in [-0.05, 0) is 19.6 Å². The van der Waals surface area contributed by atoms with Crippen LogP contribution in [0.2, 0.25) is 0 Å². The summed E-state index contributed by atoms with van der Waals surface area (Å²) in [6, 6.07) is 0.243. The van der Waals surface area contributed by atoms with E-state index in [4.69, 9.17) is 10.00 Å². The molecule has 0 spiro atoms. The van der Waals surface area contributed by atoms with E-state index in [0.29, 0.717) is 5.17 Å². The molecule has 16 heavy (non-hydrogen) atoms. The van der Waals surface area contributed by atoms with Crippen molar-refractivity contribution < 1.29 is 4.74 Å². The lowest BCUT2D eigenvalue weighted by Gasteiger charge is -2.49. The fourth-order valence-corrected chi connectivity index (χ4v) is 2.27. The van der Waals surface area contributed by atoms with Gasteiger partial charge in [-0.15, -0.1) is 0 Å². The number of nitriles is 1. The van der Waals surface area contributed by atoms with E-state index >= 15 is 0 Å². The van der Waals surface area contributed by atoms with Gasteiger partial charge < -0.3 is 4.74 Å². The maximum absolute atomic E-state index is 8.56. The molecule has 90 valence electrons. The number of hydrogen-bond acceptors (Lipinski definition) is 4. The van der Waals surface area contributed by atoms with Gasteiger partial charge in [-0.3, -0.25) is 10.3 Å². The predicted molar refractivity (Wildman–Crippen MR) is 67.3 cm³/mol. The Hall–Kier alpha value is -0.730. The van der Waals surface area contributed by atoms with E-state index in [9.17, 15) is 0 Å². The molecule has 0 heterocycles. The van der Waals surface area contributed by atoms with E-state index in [0.717, 1.165) is 13.0 Å². The quantitative estimate of drug-likeness (QED) is 0.355. The third-order valence-electron chi connectivity index (χ3n) is 3.12. The van der Waals surface area contributed by atoms with E-state index in [1.807, 2.05) is 19.4 Å². The molecule has 0 aliphatic heterocycles. The molecule has 0 radical (unpaired) electrons. The molecule has 1 saturated carbocycles. The summed E-state index contributed by atoms with van der Waals surface area (Å²) in [6.45, 7) is 7.08. The van der Waals surface area contributed by atoms with E-state index in [1.165, 1.54) is 11.8 Å². The maximum Gasteiger partial charge on any atom is 0.183 e. The van der Waals surface area contributed by atoms with Crippen molar-refractivity contribution in [3.63, 3.8) is 0 Å². The number of ether oxygens (including phenoxy) is 1. The number of nitrogens with zero attached hydrogens (tertiary/aromatic N) is 2. The average Bonchev–Trinajstić information content (AvgIpc) is 2.26. The number of amidine groups is 1. The molecule has 1 rings (SSSR count). The molecular formula is C11H19N3OS. The number of aliphatic imine (C=N–C) groups is 1. The molecule has 0 aromatic rings. The first-order valence-electron chi connectivity index (χ1n) is 5.44. The van der Waals surface area contributed by atoms with Crippen molar-refractivity contribution in [1.29, 1.82) is 5.26 Å². The van der Waals surface area contributed by atoms with Crippen LogP contribution >= 0.6 is 11.8 Å². The molecule has 0 bridgehead atoms. The predicted octanol–water partition coefficient (Wildman–Crippen LogP) is 1.98. The van der Waals surface area contributed by atoms with Crippen molar-refractivity contribution in [1.82, 2.24) is 5.32 Å². The van der Waals surface area contributed by atoms with Crippen LogP contribution in [-0.2, 0) is 4.74 Å². The third kappa shape index (κ3) is 2.69. The Kier molecular flexibility index (Phi) is 4.63. The van der Waals surface area contributed by atoms with Gasteiger partial charge in [-0.25, -0.2) is 0 Å². The summed E-state index contributed by atoms with van der Waals surface area (Å²) >= 11 is 1.46. The standard InChI is InChI=1S/C11H19N3OS/c1-5-15-9-6-8(11(9,2)3)14-10(16-4)13-7-12/h8-9H,5-6H2,1-4H3,(H,13,14). The van der Waals surface area contributed by atoms with Crippen LogP contribution in [0.15, 0.2) is 4.99 Å². The van der Waals surface area contributed by atoms with E-state index in [1.54, 1.807) is 0 Å². The minimum Gasteiger partial charge on any atom is -0.378 e. The Bertz CT molecular complexity index is 309. The van der Waals surface area contributed by atoms with Gasteiger partial charge in [0.05, 0.1) is 12.1 Å². The van der Waals surface area contributed by atoms with E-state index in [2.05, 4.69) is 24.2 Å². The van der Waals surface area contributed by atoms with Gasteiger partial charge in [0.15, 0.2) is 11.4 Å². The van der Waals surface area contributed by atoms with Crippen LogP contribution in [0.5, 0.6) is 0 Å². The van der Waals surface area contributed by atoms with Crippen molar-refractivity contribution >= 4 is 16.9 Å². The lowest BCUT2D eigenvalue weighted by molar-refractivity contribution is -0.103. The largest absolute Gasteiger partial charge is 0.378 e. The smallest absolute Gasteiger partial charge is 0.183 e. The summed E-state index contributed by atoms with van der Waals surface area (Å²) in [6.07, 6.45) is 5.05. The Balaban J connectivity index is 2.62.